The lowest BCUT2D eigenvalue weighted by Gasteiger charge is -2.38. The van der Waals surface area contributed by atoms with Crippen LogP contribution in [0.1, 0.15) is 36.0 Å². The van der Waals surface area contributed by atoms with Gasteiger partial charge in [-0.05, 0) is 37.1 Å². The first-order valence-electron chi connectivity index (χ1n) is 9.13. The lowest BCUT2D eigenvalue weighted by atomic mass is 9.86. The molecule has 142 valence electrons. The molecule has 0 radical (unpaired) electrons. The van der Waals surface area contributed by atoms with Crippen LogP contribution in [0.15, 0.2) is 59.8 Å². The number of hydrogen-bond acceptors (Lipinski definition) is 3. The van der Waals surface area contributed by atoms with E-state index in [-0.39, 0.29) is 0 Å². The second-order valence-corrected chi connectivity index (χ2v) is 7.37. The maximum Gasteiger partial charge on any atom is 0.416 e. The van der Waals surface area contributed by atoms with Crippen molar-refractivity contribution in [1.82, 2.24) is 4.90 Å². The monoisotopic (exact) mass is 374 g/mol. The molecule has 1 fully saturated rings. The van der Waals surface area contributed by atoms with Gasteiger partial charge in [0.1, 0.15) is 0 Å². The maximum atomic E-state index is 13.0. The van der Waals surface area contributed by atoms with Gasteiger partial charge in [-0.25, -0.2) is 0 Å². The molecule has 0 amide bonds. The smallest absolute Gasteiger partial charge is 0.387 e. The third-order valence-corrected chi connectivity index (χ3v) is 5.23. The Balaban J connectivity index is 1.46. The summed E-state index contributed by atoms with van der Waals surface area (Å²) >= 11 is 0. The van der Waals surface area contributed by atoms with Crippen LogP contribution in [-0.2, 0) is 17.6 Å². The predicted octanol–water partition coefficient (Wildman–Crippen LogP) is 4.86. The lowest BCUT2D eigenvalue weighted by molar-refractivity contribution is -0.137. The Morgan fingerprint density at radius 2 is 1.89 bits per heavy atom. The number of benzene rings is 2. The van der Waals surface area contributed by atoms with Crippen LogP contribution in [0.5, 0.6) is 0 Å². The van der Waals surface area contributed by atoms with Gasteiger partial charge in [0.05, 0.1) is 11.3 Å². The molecule has 1 spiro atoms. The molecule has 27 heavy (non-hydrogen) atoms. The van der Waals surface area contributed by atoms with E-state index in [4.69, 9.17) is 4.84 Å². The zero-order valence-electron chi connectivity index (χ0n) is 14.9. The molecule has 0 N–H and O–H groups in total. The normalized spacial score (nSPS) is 23.3. The standard InChI is InChI=1S/C21H21F3N2O/c22-21(23,24)18-9-4-8-17(12-18)19-13-20(27-25-19)10-5-11-26(15-20)14-16-6-2-1-3-7-16/h1-4,6-9,12H,5,10-11,13-15H2. The van der Waals surface area contributed by atoms with Gasteiger partial charge < -0.3 is 4.84 Å². The van der Waals surface area contributed by atoms with Crippen LogP contribution in [0.25, 0.3) is 0 Å². The van der Waals surface area contributed by atoms with Crippen LogP contribution in [0, 0.1) is 0 Å². The van der Waals surface area contributed by atoms with Gasteiger partial charge in [-0.1, -0.05) is 47.6 Å². The highest BCUT2D eigenvalue weighted by molar-refractivity contribution is 6.01. The van der Waals surface area contributed by atoms with Crippen LogP contribution in [0.4, 0.5) is 13.2 Å². The number of alkyl halides is 3. The molecule has 2 aromatic carbocycles. The van der Waals surface area contributed by atoms with Crippen molar-refractivity contribution >= 4 is 5.71 Å². The molecule has 0 aromatic heterocycles. The van der Waals surface area contributed by atoms with E-state index in [1.165, 1.54) is 11.6 Å². The molecule has 2 aromatic rings. The van der Waals surface area contributed by atoms with Crippen LogP contribution in [0.2, 0.25) is 0 Å². The largest absolute Gasteiger partial charge is 0.416 e. The molecule has 0 saturated carbocycles. The van der Waals surface area contributed by atoms with Crippen molar-refractivity contribution in [3.8, 4) is 0 Å². The highest BCUT2D eigenvalue weighted by Crippen LogP contribution is 2.36. The van der Waals surface area contributed by atoms with Crippen LogP contribution in [0.3, 0.4) is 0 Å². The summed E-state index contributed by atoms with van der Waals surface area (Å²) in [6.07, 6.45) is -1.97. The Morgan fingerprint density at radius 3 is 2.67 bits per heavy atom. The van der Waals surface area contributed by atoms with E-state index in [2.05, 4.69) is 22.2 Å². The van der Waals surface area contributed by atoms with Gasteiger partial charge in [0.25, 0.3) is 0 Å². The van der Waals surface area contributed by atoms with E-state index in [0.717, 1.165) is 44.6 Å². The quantitative estimate of drug-likeness (QED) is 0.766. The van der Waals surface area contributed by atoms with Gasteiger partial charge >= 0.3 is 6.18 Å². The Kier molecular flexibility index (Phi) is 4.68. The molecule has 2 aliphatic heterocycles. The zero-order chi connectivity index (χ0) is 18.9. The van der Waals surface area contributed by atoms with E-state index in [9.17, 15) is 13.2 Å². The fraction of sp³-hybridized carbons (Fsp3) is 0.381. The number of oxime groups is 1. The predicted molar refractivity (Wildman–Crippen MR) is 97.4 cm³/mol. The van der Waals surface area contributed by atoms with Crippen molar-refractivity contribution in [3.63, 3.8) is 0 Å². The lowest BCUT2D eigenvalue weighted by Crippen LogP contribution is -2.47. The van der Waals surface area contributed by atoms with Crippen molar-refractivity contribution in [2.75, 3.05) is 13.1 Å². The zero-order valence-corrected chi connectivity index (χ0v) is 14.9. The number of hydrogen-bond donors (Lipinski definition) is 0. The molecule has 2 aliphatic rings. The summed E-state index contributed by atoms with van der Waals surface area (Å²) in [5.74, 6) is 0. The highest BCUT2D eigenvalue weighted by Gasteiger charge is 2.43. The van der Waals surface area contributed by atoms with Crippen LogP contribution < -0.4 is 0 Å². The summed E-state index contributed by atoms with van der Waals surface area (Å²) in [6.45, 7) is 2.55. The molecular weight excluding hydrogens is 353 g/mol. The highest BCUT2D eigenvalue weighted by atomic mass is 19.4. The molecule has 6 heteroatoms. The minimum atomic E-state index is -4.36. The Morgan fingerprint density at radius 1 is 1.07 bits per heavy atom. The SMILES string of the molecule is FC(F)(F)c1cccc(C2=NOC3(CCCN(Cc4ccccc4)C3)C2)c1. The molecule has 3 nitrogen and oxygen atoms in total. The first-order valence-corrected chi connectivity index (χ1v) is 9.13. The van der Waals surface area contributed by atoms with Gasteiger partial charge in [0, 0.05) is 25.1 Å². The molecule has 4 rings (SSSR count). The summed E-state index contributed by atoms with van der Waals surface area (Å²) in [5, 5.41) is 4.17. The average Bonchev–Trinajstić information content (AvgIpc) is 3.05. The van der Waals surface area contributed by atoms with Crippen molar-refractivity contribution in [1.29, 1.82) is 0 Å². The second kappa shape index (κ2) is 7.00. The molecule has 0 bridgehead atoms. The average molecular weight is 374 g/mol. The molecular formula is C21H21F3N2O. The van der Waals surface area contributed by atoms with E-state index >= 15 is 0 Å². The Hall–Kier alpha value is -2.34. The number of nitrogens with zero attached hydrogens (tertiary/aromatic N) is 2. The summed E-state index contributed by atoms with van der Waals surface area (Å²) in [7, 11) is 0. The van der Waals surface area contributed by atoms with Crippen LogP contribution >= 0.6 is 0 Å². The minimum absolute atomic E-state index is 0.434. The number of likely N-dealkylation sites (tertiary alicyclic amines) is 1. The third-order valence-electron chi connectivity index (χ3n) is 5.23. The summed E-state index contributed by atoms with van der Waals surface area (Å²) in [6, 6.07) is 15.6. The van der Waals surface area contributed by atoms with Crippen molar-refractivity contribution in [2.24, 2.45) is 5.16 Å². The maximum absolute atomic E-state index is 13.0. The Bertz CT molecular complexity index is 835. The van der Waals surface area contributed by atoms with Gasteiger partial charge in [0.2, 0.25) is 0 Å². The molecule has 1 saturated heterocycles. The topological polar surface area (TPSA) is 24.8 Å². The van der Waals surface area contributed by atoms with Gasteiger partial charge in [-0.15, -0.1) is 0 Å². The van der Waals surface area contributed by atoms with E-state index in [1.54, 1.807) is 6.07 Å². The van der Waals surface area contributed by atoms with Gasteiger partial charge in [-0.3, -0.25) is 4.90 Å². The number of halogens is 3. The van der Waals surface area contributed by atoms with Crippen LogP contribution in [-0.4, -0.2) is 29.3 Å². The number of rotatable bonds is 3. The second-order valence-electron chi connectivity index (χ2n) is 7.37. The van der Waals surface area contributed by atoms with Crippen molar-refractivity contribution in [3.05, 3.63) is 71.3 Å². The molecule has 1 atom stereocenters. The van der Waals surface area contributed by atoms with Gasteiger partial charge in [-0.2, -0.15) is 13.2 Å². The molecule has 0 aliphatic carbocycles. The fourth-order valence-corrected chi connectivity index (χ4v) is 3.94. The van der Waals surface area contributed by atoms with E-state index in [1.807, 2.05) is 18.2 Å². The minimum Gasteiger partial charge on any atom is -0.387 e. The summed E-state index contributed by atoms with van der Waals surface area (Å²) in [5.41, 5.74) is 1.24. The first-order chi connectivity index (χ1) is 12.9. The summed E-state index contributed by atoms with van der Waals surface area (Å²) < 4.78 is 39.0. The van der Waals surface area contributed by atoms with Crippen molar-refractivity contribution < 1.29 is 18.0 Å². The molecule has 2 heterocycles. The fourth-order valence-electron chi connectivity index (χ4n) is 3.94. The first kappa shape index (κ1) is 18.0. The third kappa shape index (κ3) is 4.00. The summed E-state index contributed by atoms with van der Waals surface area (Å²) in [4.78, 5) is 8.14. The molecule has 1 unspecified atom stereocenters. The van der Waals surface area contributed by atoms with E-state index in [0.29, 0.717) is 17.7 Å². The number of piperidine rings is 1. The van der Waals surface area contributed by atoms with Gasteiger partial charge in [0.15, 0.2) is 5.60 Å². The van der Waals surface area contributed by atoms with Crippen molar-refractivity contribution in [2.45, 2.75) is 37.6 Å². The Labute approximate surface area is 156 Å². The van der Waals surface area contributed by atoms with E-state index < -0.39 is 17.3 Å².